The van der Waals surface area contributed by atoms with Crippen LogP contribution >= 0.6 is 23.2 Å². The molecule has 18 heavy (non-hydrogen) atoms. The number of hydrogen-bond acceptors (Lipinski definition) is 3. The standard InChI is InChI=1S/C11H19Cl2NO3S/c1-9(2,3)18(16,17)6-5-14-8(15)10(4)7-11(10,12)13/h5-7H2,1-4H3,(H,14,15)/t10-/m0/s1. The predicted octanol–water partition coefficient (Wildman–Crippen LogP) is 1.90. The minimum atomic E-state index is -3.23. The Hall–Kier alpha value is -0.000000000000000111. The molecule has 4 nitrogen and oxygen atoms in total. The van der Waals surface area contributed by atoms with Crippen molar-refractivity contribution in [2.45, 2.75) is 43.2 Å². The molecule has 1 N–H and O–H groups in total. The minimum Gasteiger partial charge on any atom is -0.355 e. The molecule has 0 aromatic heterocycles. The zero-order chi connectivity index (χ0) is 14.4. The maximum Gasteiger partial charge on any atom is 0.229 e. The van der Waals surface area contributed by atoms with Crippen LogP contribution in [-0.4, -0.2) is 35.7 Å². The highest BCUT2D eigenvalue weighted by Gasteiger charge is 2.67. The Labute approximate surface area is 118 Å². The molecular weight excluding hydrogens is 297 g/mol. The first-order valence-electron chi connectivity index (χ1n) is 5.72. The van der Waals surface area contributed by atoms with Crippen molar-refractivity contribution in [1.82, 2.24) is 5.32 Å². The molecular formula is C11H19Cl2NO3S. The minimum absolute atomic E-state index is 0.0812. The molecule has 0 unspecified atom stereocenters. The summed E-state index contributed by atoms with van der Waals surface area (Å²) in [6.07, 6.45) is 0.390. The van der Waals surface area contributed by atoms with Gasteiger partial charge in [0.05, 0.1) is 15.9 Å². The fourth-order valence-corrected chi connectivity index (χ4v) is 3.14. The Balaban J connectivity index is 2.48. The summed E-state index contributed by atoms with van der Waals surface area (Å²) in [5.41, 5.74) is -0.804. The topological polar surface area (TPSA) is 63.2 Å². The number of carbonyl (C=O) groups excluding carboxylic acids is 1. The lowest BCUT2D eigenvalue weighted by molar-refractivity contribution is -0.125. The lowest BCUT2D eigenvalue weighted by Crippen LogP contribution is -2.39. The van der Waals surface area contributed by atoms with Crippen molar-refractivity contribution < 1.29 is 13.2 Å². The zero-order valence-electron chi connectivity index (χ0n) is 11.0. The van der Waals surface area contributed by atoms with Gasteiger partial charge >= 0.3 is 0 Å². The van der Waals surface area contributed by atoms with Gasteiger partial charge in [-0.25, -0.2) is 8.42 Å². The second-order valence-corrected chi connectivity index (χ2v) is 10.2. The highest BCUT2D eigenvalue weighted by Crippen LogP contribution is 2.63. The molecule has 106 valence electrons. The third-order valence-electron chi connectivity index (χ3n) is 3.35. The summed E-state index contributed by atoms with van der Waals surface area (Å²) in [5, 5.41) is 2.58. The van der Waals surface area contributed by atoms with E-state index in [1.807, 2.05) is 0 Å². The molecule has 0 radical (unpaired) electrons. The number of sulfone groups is 1. The van der Waals surface area contributed by atoms with Gasteiger partial charge in [-0.3, -0.25) is 4.79 Å². The number of hydrogen-bond donors (Lipinski definition) is 1. The van der Waals surface area contributed by atoms with E-state index in [9.17, 15) is 13.2 Å². The van der Waals surface area contributed by atoms with E-state index >= 15 is 0 Å². The van der Waals surface area contributed by atoms with Crippen LogP contribution in [0.4, 0.5) is 0 Å². The van der Waals surface area contributed by atoms with E-state index in [1.54, 1.807) is 27.7 Å². The van der Waals surface area contributed by atoms with Crippen molar-refractivity contribution >= 4 is 38.9 Å². The maximum absolute atomic E-state index is 11.8. The molecule has 1 fully saturated rings. The van der Waals surface area contributed by atoms with Gasteiger partial charge in [0.2, 0.25) is 5.91 Å². The monoisotopic (exact) mass is 315 g/mol. The summed E-state index contributed by atoms with van der Waals surface area (Å²) in [4.78, 5) is 11.8. The number of alkyl halides is 2. The van der Waals surface area contributed by atoms with Crippen LogP contribution in [0.1, 0.15) is 34.1 Å². The third-order valence-corrected chi connectivity index (χ3v) is 7.06. The number of carbonyl (C=O) groups is 1. The van der Waals surface area contributed by atoms with Crippen molar-refractivity contribution in [3.05, 3.63) is 0 Å². The van der Waals surface area contributed by atoms with Gasteiger partial charge in [-0.1, -0.05) is 0 Å². The normalized spacial score (nSPS) is 26.8. The summed E-state index contributed by atoms with van der Waals surface area (Å²) >= 11 is 11.7. The highest BCUT2D eigenvalue weighted by molar-refractivity contribution is 7.92. The van der Waals surface area contributed by atoms with Crippen LogP contribution in [0.25, 0.3) is 0 Å². The molecule has 1 atom stereocenters. The van der Waals surface area contributed by atoms with E-state index in [0.717, 1.165) is 0 Å². The number of rotatable bonds is 4. The van der Waals surface area contributed by atoms with E-state index in [0.29, 0.717) is 6.42 Å². The van der Waals surface area contributed by atoms with E-state index in [4.69, 9.17) is 23.2 Å². The molecule has 7 heteroatoms. The van der Waals surface area contributed by atoms with Crippen molar-refractivity contribution in [2.24, 2.45) is 5.41 Å². The van der Waals surface area contributed by atoms with Gasteiger partial charge in [-0.15, -0.1) is 23.2 Å². The summed E-state index contributed by atoms with van der Waals surface area (Å²) in [7, 11) is -3.23. The molecule has 0 aliphatic heterocycles. The van der Waals surface area contributed by atoms with Crippen molar-refractivity contribution in [2.75, 3.05) is 12.3 Å². The number of halogens is 2. The quantitative estimate of drug-likeness (QED) is 0.806. The van der Waals surface area contributed by atoms with Gasteiger partial charge in [0.25, 0.3) is 0 Å². The first kappa shape index (κ1) is 16.1. The molecule has 0 aromatic rings. The SMILES string of the molecule is CC(C)(C)S(=O)(=O)CCNC(=O)[C@]1(C)CC1(Cl)Cl. The molecule has 0 spiro atoms. The molecule has 1 saturated carbocycles. The van der Waals surface area contributed by atoms with E-state index in [2.05, 4.69) is 5.32 Å². The smallest absolute Gasteiger partial charge is 0.229 e. The highest BCUT2D eigenvalue weighted by atomic mass is 35.5. The fourth-order valence-electron chi connectivity index (χ4n) is 1.45. The molecule has 1 amide bonds. The molecule has 0 heterocycles. The Kier molecular flexibility index (Phi) is 4.04. The van der Waals surface area contributed by atoms with Gasteiger partial charge in [0, 0.05) is 6.54 Å². The molecule has 1 aliphatic carbocycles. The van der Waals surface area contributed by atoms with Crippen molar-refractivity contribution in [3.8, 4) is 0 Å². The van der Waals surface area contributed by atoms with Crippen LogP contribution in [0.2, 0.25) is 0 Å². The largest absolute Gasteiger partial charge is 0.355 e. The number of amides is 1. The summed E-state index contributed by atoms with van der Waals surface area (Å²) < 4.78 is 21.8. The first-order chi connectivity index (χ1) is 7.83. The Morgan fingerprint density at radius 1 is 1.33 bits per heavy atom. The number of nitrogens with one attached hydrogen (secondary N) is 1. The molecule has 1 rings (SSSR count). The van der Waals surface area contributed by atoms with Crippen LogP contribution in [0.15, 0.2) is 0 Å². The lowest BCUT2D eigenvalue weighted by atomic mass is 10.1. The second kappa shape index (κ2) is 4.53. The van der Waals surface area contributed by atoms with Crippen LogP contribution in [-0.2, 0) is 14.6 Å². The fraction of sp³-hybridized carbons (Fsp3) is 0.909. The summed E-state index contributed by atoms with van der Waals surface area (Å²) in [6, 6.07) is 0. The summed E-state index contributed by atoms with van der Waals surface area (Å²) in [5.74, 6) is -0.382. The Bertz CT molecular complexity index is 453. The average molecular weight is 316 g/mol. The first-order valence-corrected chi connectivity index (χ1v) is 8.13. The van der Waals surface area contributed by atoms with Crippen LogP contribution in [0.5, 0.6) is 0 Å². The van der Waals surface area contributed by atoms with Gasteiger partial charge in [0.15, 0.2) is 9.84 Å². The van der Waals surface area contributed by atoms with Crippen molar-refractivity contribution in [1.29, 1.82) is 0 Å². The molecule has 0 saturated heterocycles. The third kappa shape index (κ3) is 2.94. The second-order valence-electron chi connectivity index (χ2n) is 5.90. The van der Waals surface area contributed by atoms with Crippen molar-refractivity contribution in [3.63, 3.8) is 0 Å². The van der Waals surface area contributed by atoms with Crippen LogP contribution in [0.3, 0.4) is 0 Å². The molecule has 0 aromatic carbocycles. The van der Waals surface area contributed by atoms with E-state index in [1.165, 1.54) is 0 Å². The zero-order valence-corrected chi connectivity index (χ0v) is 13.3. The van der Waals surface area contributed by atoms with Gasteiger partial charge in [-0.2, -0.15) is 0 Å². The van der Waals surface area contributed by atoms with E-state index < -0.39 is 24.3 Å². The predicted molar refractivity (Wildman–Crippen MR) is 73.7 cm³/mol. The van der Waals surface area contributed by atoms with Crippen LogP contribution < -0.4 is 5.32 Å². The van der Waals surface area contributed by atoms with Gasteiger partial charge in [0.1, 0.15) is 4.33 Å². The molecule has 1 aliphatic rings. The molecule has 0 bridgehead atoms. The average Bonchev–Trinajstić information content (AvgIpc) is 2.65. The van der Waals surface area contributed by atoms with E-state index in [-0.39, 0.29) is 18.2 Å². The Morgan fingerprint density at radius 2 is 1.78 bits per heavy atom. The van der Waals surface area contributed by atoms with Gasteiger partial charge in [-0.05, 0) is 34.1 Å². The Morgan fingerprint density at radius 3 is 2.11 bits per heavy atom. The van der Waals surface area contributed by atoms with Crippen LogP contribution in [0, 0.1) is 5.41 Å². The lowest BCUT2D eigenvalue weighted by Gasteiger charge is -2.19. The summed E-state index contributed by atoms with van der Waals surface area (Å²) in [6.45, 7) is 6.65. The van der Waals surface area contributed by atoms with Gasteiger partial charge < -0.3 is 5.32 Å². The maximum atomic E-state index is 11.8.